The van der Waals surface area contributed by atoms with Gasteiger partial charge in [-0.2, -0.15) is 5.26 Å². The second-order valence-electron chi connectivity index (χ2n) is 5.18. The van der Waals surface area contributed by atoms with Gasteiger partial charge in [0.1, 0.15) is 11.6 Å². The van der Waals surface area contributed by atoms with Gasteiger partial charge in [-0.05, 0) is 37.5 Å². The van der Waals surface area contributed by atoms with E-state index in [2.05, 4.69) is 10.6 Å². The monoisotopic (exact) mass is 303 g/mol. The summed E-state index contributed by atoms with van der Waals surface area (Å²) in [5, 5.41) is 15.6. The summed E-state index contributed by atoms with van der Waals surface area (Å²) in [6.45, 7) is 1.82. The molecule has 1 aliphatic rings. The van der Waals surface area contributed by atoms with Crippen molar-refractivity contribution in [2.75, 3.05) is 5.32 Å². The van der Waals surface area contributed by atoms with Crippen LogP contribution >= 0.6 is 11.6 Å². The number of rotatable bonds is 4. The lowest BCUT2D eigenvalue weighted by Crippen LogP contribution is -2.23. The van der Waals surface area contributed by atoms with Crippen molar-refractivity contribution in [1.82, 2.24) is 5.32 Å². The lowest BCUT2D eigenvalue weighted by atomic mass is 10.2. The number of nitrogens with one attached hydrogen (secondary N) is 2. The largest absolute Gasteiger partial charge is 0.387 e. The molecule has 0 saturated heterocycles. The predicted molar refractivity (Wildman–Crippen MR) is 83.9 cm³/mol. The van der Waals surface area contributed by atoms with Crippen molar-refractivity contribution in [1.29, 1.82) is 5.26 Å². The summed E-state index contributed by atoms with van der Waals surface area (Å²) in [5.41, 5.74) is 1.48. The van der Waals surface area contributed by atoms with E-state index in [-0.39, 0.29) is 5.57 Å². The van der Waals surface area contributed by atoms with Crippen molar-refractivity contribution in [3.05, 3.63) is 40.6 Å². The molecule has 0 heterocycles. The van der Waals surface area contributed by atoms with Gasteiger partial charge in [-0.15, -0.1) is 0 Å². The number of hydrogen-bond donors (Lipinski definition) is 2. The maximum absolute atomic E-state index is 12.1. The fourth-order valence-electron chi connectivity index (χ4n) is 2.37. The number of carbonyl (C=O) groups is 1. The third-order valence-corrected chi connectivity index (χ3v) is 4.11. The van der Waals surface area contributed by atoms with Gasteiger partial charge in [-0.25, -0.2) is 0 Å². The fourth-order valence-corrected chi connectivity index (χ4v) is 2.55. The Morgan fingerprint density at radius 2 is 2.14 bits per heavy atom. The molecule has 1 saturated carbocycles. The minimum Gasteiger partial charge on any atom is -0.387 e. The molecule has 0 bridgehead atoms. The Balaban J connectivity index is 2.04. The number of hydrogen-bond acceptors (Lipinski definition) is 3. The maximum Gasteiger partial charge on any atom is 0.267 e. The van der Waals surface area contributed by atoms with E-state index in [9.17, 15) is 4.79 Å². The highest BCUT2D eigenvalue weighted by Crippen LogP contribution is 2.23. The number of nitrogens with zero attached hydrogens (tertiary/aromatic N) is 1. The molecule has 21 heavy (non-hydrogen) atoms. The molecule has 4 nitrogen and oxygen atoms in total. The van der Waals surface area contributed by atoms with Gasteiger partial charge in [0.15, 0.2) is 0 Å². The molecular weight excluding hydrogens is 286 g/mol. The van der Waals surface area contributed by atoms with Crippen molar-refractivity contribution < 1.29 is 4.79 Å². The average molecular weight is 304 g/mol. The van der Waals surface area contributed by atoms with E-state index in [4.69, 9.17) is 16.9 Å². The molecule has 0 unspecified atom stereocenters. The van der Waals surface area contributed by atoms with Crippen molar-refractivity contribution in [3.8, 4) is 6.07 Å². The first-order valence-electron chi connectivity index (χ1n) is 7.04. The first kappa shape index (κ1) is 15.4. The predicted octanol–water partition coefficient (Wildman–Crippen LogP) is 3.53. The number of anilines is 1. The summed E-state index contributed by atoms with van der Waals surface area (Å²) < 4.78 is 0. The zero-order valence-corrected chi connectivity index (χ0v) is 12.7. The van der Waals surface area contributed by atoms with Gasteiger partial charge in [0.25, 0.3) is 5.91 Å². The SMILES string of the molecule is Cc1c(Cl)cccc1NC(=O)/C(C#N)=C\NC1CCCC1. The Kier molecular flexibility index (Phi) is 5.24. The number of carbonyl (C=O) groups excluding carboxylic acids is 1. The van der Waals surface area contributed by atoms with Gasteiger partial charge in [-0.3, -0.25) is 4.79 Å². The minimum atomic E-state index is -0.423. The summed E-state index contributed by atoms with van der Waals surface area (Å²) in [6, 6.07) is 7.59. The average Bonchev–Trinajstić information content (AvgIpc) is 2.98. The summed E-state index contributed by atoms with van der Waals surface area (Å²) in [5.74, 6) is -0.423. The Morgan fingerprint density at radius 3 is 2.81 bits per heavy atom. The van der Waals surface area contributed by atoms with E-state index in [0.717, 1.165) is 18.4 Å². The van der Waals surface area contributed by atoms with Gasteiger partial charge < -0.3 is 10.6 Å². The molecule has 0 radical (unpaired) electrons. The van der Waals surface area contributed by atoms with Gasteiger partial charge in [0.2, 0.25) is 0 Å². The van der Waals surface area contributed by atoms with Crippen LogP contribution in [0.15, 0.2) is 30.0 Å². The van der Waals surface area contributed by atoms with E-state index < -0.39 is 5.91 Å². The Morgan fingerprint density at radius 1 is 1.43 bits per heavy atom. The molecule has 2 rings (SSSR count). The lowest BCUT2D eigenvalue weighted by molar-refractivity contribution is -0.112. The number of halogens is 1. The number of amides is 1. The van der Waals surface area contributed by atoms with Crippen LogP contribution in [-0.2, 0) is 4.79 Å². The molecule has 1 amide bonds. The first-order chi connectivity index (χ1) is 10.1. The molecule has 1 aliphatic carbocycles. The first-order valence-corrected chi connectivity index (χ1v) is 7.42. The molecule has 2 N–H and O–H groups in total. The third kappa shape index (κ3) is 3.99. The molecule has 1 aromatic rings. The molecule has 0 aliphatic heterocycles. The van der Waals surface area contributed by atoms with Crippen LogP contribution < -0.4 is 10.6 Å². The highest BCUT2D eigenvalue weighted by Gasteiger charge is 2.15. The summed E-state index contributed by atoms with van der Waals surface area (Å²) in [7, 11) is 0. The van der Waals surface area contributed by atoms with Crippen LogP contribution in [0.5, 0.6) is 0 Å². The van der Waals surface area contributed by atoms with Crippen LogP contribution in [0.2, 0.25) is 5.02 Å². The summed E-state index contributed by atoms with van der Waals surface area (Å²) >= 11 is 6.01. The van der Waals surface area contributed by atoms with E-state index in [1.165, 1.54) is 19.0 Å². The van der Waals surface area contributed by atoms with Gasteiger partial charge in [0, 0.05) is 23.0 Å². The Labute approximate surface area is 129 Å². The molecule has 1 fully saturated rings. The second-order valence-corrected chi connectivity index (χ2v) is 5.59. The summed E-state index contributed by atoms with van der Waals surface area (Å²) in [4.78, 5) is 12.1. The molecule has 0 atom stereocenters. The third-order valence-electron chi connectivity index (χ3n) is 3.70. The molecule has 5 heteroatoms. The molecule has 0 spiro atoms. The standard InChI is InChI=1S/C16H18ClN3O/c1-11-14(17)7-4-8-15(11)20-16(21)12(9-18)10-19-13-5-2-3-6-13/h4,7-8,10,13,19H,2-3,5-6H2,1H3,(H,20,21)/b12-10-. The molecule has 0 aromatic heterocycles. The van der Waals surface area contributed by atoms with Crippen molar-refractivity contribution in [3.63, 3.8) is 0 Å². The van der Waals surface area contributed by atoms with Crippen LogP contribution in [-0.4, -0.2) is 11.9 Å². The topological polar surface area (TPSA) is 64.9 Å². The zero-order valence-electron chi connectivity index (χ0n) is 11.9. The van der Waals surface area contributed by atoms with Gasteiger partial charge >= 0.3 is 0 Å². The second kappa shape index (κ2) is 7.14. The van der Waals surface area contributed by atoms with Crippen LogP contribution in [0.1, 0.15) is 31.2 Å². The normalized spacial score (nSPS) is 15.6. The summed E-state index contributed by atoms with van der Waals surface area (Å²) in [6.07, 6.45) is 6.09. The number of nitriles is 1. The minimum absolute atomic E-state index is 0.0706. The molecule has 1 aromatic carbocycles. The van der Waals surface area contributed by atoms with E-state index >= 15 is 0 Å². The molecular formula is C16H18ClN3O. The number of benzene rings is 1. The Hall–Kier alpha value is -1.99. The van der Waals surface area contributed by atoms with E-state index in [1.807, 2.05) is 13.0 Å². The maximum atomic E-state index is 12.1. The van der Waals surface area contributed by atoms with Crippen LogP contribution in [0.3, 0.4) is 0 Å². The van der Waals surface area contributed by atoms with Crippen LogP contribution in [0.25, 0.3) is 0 Å². The van der Waals surface area contributed by atoms with Gasteiger partial charge in [0.05, 0.1) is 0 Å². The van der Waals surface area contributed by atoms with Gasteiger partial charge in [-0.1, -0.05) is 30.5 Å². The van der Waals surface area contributed by atoms with Crippen molar-refractivity contribution in [2.24, 2.45) is 0 Å². The lowest BCUT2D eigenvalue weighted by Gasteiger charge is -2.11. The van der Waals surface area contributed by atoms with Crippen LogP contribution in [0, 0.1) is 18.3 Å². The Bertz CT molecular complexity index is 598. The zero-order chi connectivity index (χ0) is 15.2. The smallest absolute Gasteiger partial charge is 0.267 e. The van der Waals surface area contributed by atoms with E-state index in [0.29, 0.717) is 16.8 Å². The van der Waals surface area contributed by atoms with Crippen molar-refractivity contribution in [2.45, 2.75) is 38.6 Å². The fraction of sp³-hybridized carbons (Fsp3) is 0.375. The molecule has 110 valence electrons. The van der Waals surface area contributed by atoms with Crippen LogP contribution in [0.4, 0.5) is 5.69 Å². The highest BCUT2D eigenvalue weighted by molar-refractivity contribution is 6.31. The highest BCUT2D eigenvalue weighted by atomic mass is 35.5. The quantitative estimate of drug-likeness (QED) is 0.660. The van der Waals surface area contributed by atoms with E-state index in [1.54, 1.807) is 18.2 Å². The van der Waals surface area contributed by atoms with Crippen molar-refractivity contribution >= 4 is 23.2 Å².